The average Bonchev–Trinajstić information content (AvgIpc) is 3.00. The highest BCUT2D eigenvalue weighted by atomic mass is 19.1. The Hall–Kier alpha value is -2.14. The fourth-order valence-corrected chi connectivity index (χ4v) is 4.07. The molecule has 1 saturated heterocycles. The Morgan fingerprint density at radius 2 is 1.88 bits per heavy atom. The van der Waals surface area contributed by atoms with E-state index in [0.29, 0.717) is 17.9 Å². The summed E-state index contributed by atoms with van der Waals surface area (Å²) >= 11 is 0. The molecule has 2 aliphatic rings. The van der Waals surface area contributed by atoms with Gasteiger partial charge in [0.15, 0.2) is 0 Å². The van der Waals surface area contributed by atoms with Crippen molar-refractivity contribution in [2.75, 3.05) is 19.6 Å². The van der Waals surface area contributed by atoms with E-state index in [-0.39, 0.29) is 11.9 Å². The van der Waals surface area contributed by atoms with Crippen molar-refractivity contribution >= 4 is 0 Å². The van der Waals surface area contributed by atoms with E-state index in [9.17, 15) is 13.9 Å². The summed E-state index contributed by atoms with van der Waals surface area (Å²) in [5, 5.41) is 9.58. The van der Waals surface area contributed by atoms with Crippen LogP contribution in [0.5, 0.6) is 11.5 Å². The van der Waals surface area contributed by atoms with Gasteiger partial charge in [-0.25, -0.2) is 8.78 Å². The maximum absolute atomic E-state index is 13.8. The number of piperidine rings is 1. The largest absolute Gasteiger partial charge is 0.508 e. The highest BCUT2D eigenvalue weighted by molar-refractivity contribution is 5.42. The normalized spacial score (nSPS) is 20.8. The lowest BCUT2D eigenvalue weighted by molar-refractivity contribution is 0.116. The van der Waals surface area contributed by atoms with Gasteiger partial charge in [-0.15, -0.1) is 0 Å². The van der Waals surface area contributed by atoms with Crippen LogP contribution in [-0.4, -0.2) is 35.7 Å². The Kier molecular flexibility index (Phi) is 4.81. The zero-order valence-corrected chi connectivity index (χ0v) is 14.6. The first-order valence-electron chi connectivity index (χ1n) is 9.21. The predicted octanol–water partition coefficient (Wildman–Crippen LogP) is 3.93. The van der Waals surface area contributed by atoms with Gasteiger partial charge in [-0.1, -0.05) is 6.07 Å². The van der Waals surface area contributed by atoms with E-state index >= 15 is 0 Å². The second-order valence-corrected chi connectivity index (χ2v) is 7.42. The quantitative estimate of drug-likeness (QED) is 0.898. The van der Waals surface area contributed by atoms with Crippen molar-refractivity contribution in [3.8, 4) is 11.5 Å². The third-order valence-electron chi connectivity index (χ3n) is 5.48. The van der Waals surface area contributed by atoms with Gasteiger partial charge in [0, 0.05) is 24.6 Å². The van der Waals surface area contributed by atoms with Crippen molar-refractivity contribution in [1.29, 1.82) is 0 Å². The van der Waals surface area contributed by atoms with Crippen LogP contribution in [-0.2, 0) is 12.8 Å². The standard InChI is InChI=1S/C21H23F2NO2/c22-17-2-1-15(20(23)12-17)9-14-5-7-24(8-6-14)13-19-11-16-10-18(25)3-4-21(16)26-19/h1-4,10,12,14,19,25H,5-9,11,13H2. The monoisotopic (exact) mass is 359 g/mol. The zero-order chi connectivity index (χ0) is 18.1. The Morgan fingerprint density at radius 1 is 1.08 bits per heavy atom. The molecule has 5 heteroatoms. The van der Waals surface area contributed by atoms with E-state index in [4.69, 9.17) is 4.74 Å². The second kappa shape index (κ2) is 7.23. The van der Waals surface area contributed by atoms with Crippen LogP contribution in [0.25, 0.3) is 0 Å². The molecule has 1 unspecified atom stereocenters. The Balaban J connectivity index is 1.27. The summed E-state index contributed by atoms with van der Waals surface area (Å²) in [6.45, 7) is 2.80. The molecule has 2 aliphatic heterocycles. The number of hydrogen-bond donors (Lipinski definition) is 1. The van der Waals surface area contributed by atoms with Crippen molar-refractivity contribution in [2.24, 2.45) is 5.92 Å². The van der Waals surface area contributed by atoms with Gasteiger partial charge in [-0.2, -0.15) is 0 Å². The lowest BCUT2D eigenvalue weighted by Crippen LogP contribution is -2.40. The number of nitrogens with zero attached hydrogens (tertiary/aromatic N) is 1. The molecule has 0 bridgehead atoms. The topological polar surface area (TPSA) is 32.7 Å². The highest BCUT2D eigenvalue weighted by Gasteiger charge is 2.27. The van der Waals surface area contributed by atoms with Crippen LogP contribution < -0.4 is 4.74 Å². The molecular formula is C21H23F2NO2. The minimum absolute atomic E-state index is 0.123. The number of halogens is 2. The van der Waals surface area contributed by atoms with E-state index < -0.39 is 11.6 Å². The van der Waals surface area contributed by atoms with Gasteiger partial charge < -0.3 is 9.84 Å². The first kappa shape index (κ1) is 17.3. The van der Waals surface area contributed by atoms with E-state index in [1.807, 2.05) is 6.07 Å². The molecule has 3 nitrogen and oxygen atoms in total. The maximum Gasteiger partial charge on any atom is 0.129 e. The molecule has 0 amide bonds. The Bertz CT molecular complexity index is 788. The average molecular weight is 359 g/mol. The van der Waals surface area contributed by atoms with Crippen LogP contribution in [0.15, 0.2) is 36.4 Å². The number of aromatic hydroxyl groups is 1. The fraction of sp³-hybridized carbons (Fsp3) is 0.429. The van der Waals surface area contributed by atoms with Gasteiger partial charge >= 0.3 is 0 Å². The second-order valence-electron chi connectivity index (χ2n) is 7.42. The van der Waals surface area contributed by atoms with Crippen LogP contribution in [0.1, 0.15) is 24.0 Å². The molecule has 2 heterocycles. The first-order valence-corrected chi connectivity index (χ1v) is 9.21. The predicted molar refractivity (Wildman–Crippen MR) is 95.5 cm³/mol. The molecule has 0 spiro atoms. The number of benzene rings is 2. The van der Waals surface area contributed by atoms with Crippen LogP contribution >= 0.6 is 0 Å². The maximum atomic E-state index is 13.8. The van der Waals surface area contributed by atoms with Crippen molar-refractivity contribution in [3.63, 3.8) is 0 Å². The number of phenols is 1. The third-order valence-corrected chi connectivity index (χ3v) is 5.48. The number of ether oxygens (including phenoxy) is 1. The molecule has 0 radical (unpaired) electrons. The number of fused-ring (bicyclic) bond motifs is 1. The smallest absolute Gasteiger partial charge is 0.129 e. The molecule has 1 N–H and O–H groups in total. The summed E-state index contributed by atoms with van der Waals surface area (Å²) in [6.07, 6.45) is 3.64. The van der Waals surface area contributed by atoms with Gasteiger partial charge in [-0.3, -0.25) is 4.90 Å². The molecule has 2 aromatic rings. The highest BCUT2D eigenvalue weighted by Crippen LogP contribution is 2.32. The molecule has 1 fully saturated rings. The SMILES string of the molecule is Oc1ccc2c(c1)CC(CN1CCC(Cc3ccc(F)cc3F)CC1)O2. The molecule has 138 valence electrons. The lowest BCUT2D eigenvalue weighted by Gasteiger charge is -2.33. The number of phenolic OH excluding ortho intramolecular Hbond substituents is 1. The van der Waals surface area contributed by atoms with E-state index in [1.165, 1.54) is 6.07 Å². The van der Waals surface area contributed by atoms with Crippen LogP contribution in [0, 0.1) is 17.6 Å². The number of rotatable bonds is 4. The molecule has 0 aliphatic carbocycles. The van der Waals surface area contributed by atoms with Crippen LogP contribution in [0.2, 0.25) is 0 Å². The zero-order valence-electron chi connectivity index (χ0n) is 14.6. The lowest BCUT2D eigenvalue weighted by atomic mass is 9.90. The number of hydrogen-bond acceptors (Lipinski definition) is 3. The number of likely N-dealkylation sites (tertiary alicyclic amines) is 1. The Morgan fingerprint density at radius 3 is 2.65 bits per heavy atom. The van der Waals surface area contributed by atoms with Crippen molar-refractivity contribution < 1.29 is 18.6 Å². The van der Waals surface area contributed by atoms with Gasteiger partial charge in [0.2, 0.25) is 0 Å². The minimum atomic E-state index is -0.521. The first-order chi connectivity index (χ1) is 12.6. The summed E-state index contributed by atoms with van der Waals surface area (Å²) < 4.78 is 32.8. The van der Waals surface area contributed by atoms with Crippen molar-refractivity contribution in [3.05, 3.63) is 59.2 Å². The van der Waals surface area contributed by atoms with Gasteiger partial charge in [-0.05, 0) is 68.1 Å². The minimum Gasteiger partial charge on any atom is -0.508 e. The van der Waals surface area contributed by atoms with E-state index in [1.54, 1.807) is 18.2 Å². The summed E-state index contributed by atoms with van der Waals surface area (Å²) in [6, 6.07) is 9.13. The summed E-state index contributed by atoms with van der Waals surface area (Å²) in [5.74, 6) is 0.626. The molecule has 0 saturated carbocycles. The van der Waals surface area contributed by atoms with E-state index in [2.05, 4.69) is 4.90 Å². The molecule has 26 heavy (non-hydrogen) atoms. The van der Waals surface area contributed by atoms with Crippen molar-refractivity contribution in [2.45, 2.75) is 31.8 Å². The van der Waals surface area contributed by atoms with Gasteiger partial charge in [0.1, 0.15) is 29.2 Å². The summed E-state index contributed by atoms with van der Waals surface area (Å²) in [5.41, 5.74) is 1.68. The molecule has 4 rings (SSSR count). The van der Waals surface area contributed by atoms with Crippen LogP contribution in [0.3, 0.4) is 0 Å². The molecule has 2 aromatic carbocycles. The Labute approximate surface area is 152 Å². The van der Waals surface area contributed by atoms with Crippen molar-refractivity contribution in [1.82, 2.24) is 4.90 Å². The van der Waals surface area contributed by atoms with Gasteiger partial charge in [0.25, 0.3) is 0 Å². The summed E-state index contributed by atoms with van der Waals surface area (Å²) in [7, 11) is 0. The fourth-order valence-electron chi connectivity index (χ4n) is 4.07. The molecule has 1 atom stereocenters. The van der Waals surface area contributed by atoms with E-state index in [0.717, 1.165) is 56.3 Å². The van der Waals surface area contributed by atoms with Gasteiger partial charge in [0.05, 0.1) is 0 Å². The van der Waals surface area contributed by atoms with Crippen LogP contribution in [0.4, 0.5) is 8.78 Å². The third kappa shape index (κ3) is 3.83. The summed E-state index contributed by atoms with van der Waals surface area (Å²) in [4.78, 5) is 2.40. The molecule has 0 aromatic heterocycles. The molecular weight excluding hydrogens is 336 g/mol.